The quantitative estimate of drug-likeness (QED) is 0.545. The molecule has 0 amide bonds. The molecule has 130 valence electrons. The molecule has 0 spiro atoms. The number of aromatic nitrogens is 3. The van der Waals surface area contributed by atoms with Crippen LogP contribution in [0.1, 0.15) is 16.8 Å². The summed E-state index contributed by atoms with van der Waals surface area (Å²) in [6.45, 7) is 4.66. The summed E-state index contributed by atoms with van der Waals surface area (Å²) in [4.78, 5) is 23.0. The smallest absolute Gasteiger partial charge is 0.271 e. The zero-order chi connectivity index (χ0) is 17.8. The molecule has 5 rings (SSSR count). The van der Waals surface area contributed by atoms with E-state index in [-0.39, 0.29) is 12.4 Å². The molecule has 0 bridgehead atoms. The maximum absolute atomic E-state index is 13.0. The number of pyridine rings is 1. The molecule has 0 atom stereocenters. The fourth-order valence-electron chi connectivity index (χ4n) is 3.35. The summed E-state index contributed by atoms with van der Waals surface area (Å²) >= 11 is 1.41. The zero-order valence-electron chi connectivity index (χ0n) is 14.3. The second-order valence-electron chi connectivity index (χ2n) is 6.41. The largest absolute Gasteiger partial charge is 0.454 e. The monoisotopic (exact) mass is 365 g/mol. The molecule has 1 aliphatic heterocycles. The van der Waals surface area contributed by atoms with Crippen molar-refractivity contribution in [3.63, 3.8) is 0 Å². The molecular formula is C19H15N3O3S. The summed E-state index contributed by atoms with van der Waals surface area (Å²) in [5.41, 5.74) is 3.69. The van der Waals surface area contributed by atoms with Gasteiger partial charge in [0.05, 0.1) is 18.4 Å². The summed E-state index contributed by atoms with van der Waals surface area (Å²) < 4.78 is 13.0. The van der Waals surface area contributed by atoms with Gasteiger partial charge in [-0.05, 0) is 43.2 Å². The Labute approximate surface area is 152 Å². The van der Waals surface area contributed by atoms with Gasteiger partial charge in [-0.1, -0.05) is 6.07 Å². The topological polar surface area (TPSA) is 66.2 Å². The average Bonchev–Trinajstić information content (AvgIpc) is 3.21. The highest BCUT2D eigenvalue weighted by molar-refractivity contribution is 7.25. The van der Waals surface area contributed by atoms with E-state index in [0.717, 1.165) is 38.3 Å². The van der Waals surface area contributed by atoms with Crippen molar-refractivity contribution >= 4 is 31.8 Å². The van der Waals surface area contributed by atoms with Crippen molar-refractivity contribution in [3.05, 3.63) is 57.8 Å². The Morgan fingerprint density at radius 3 is 2.92 bits per heavy atom. The lowest BCUT2D eigenvalue weighted by Crippen LogP contribution is -2.20. The second-order valence-corrected chi connectivity index (χ2v) is 7.40. The van der Waals surface area contributed by atoms with Crippen LogP contribution in [0.25, 0.3) is 20.4 Å². The number of fused-ring (bicyclic) bond motifs is 4. The molecule has 0 N–H and O–H groups in total. The lowest BCUT2D eigenvalue weighted by molar-refractivity contribution is 0.174. The number of hydrogen-bond acceptors (Lipinski definition) is 6. The van der Waals surface area contributed by atoms with Gasteiger partial charge >= 0.3 is 0 Å². The molecule has 3 aromatic heterocycles. The maximum atomic E-state index is 13.0. The summed E-state index contributed by atoms with van der Waals surface area (Å²) in [6.07, 6.45) is 1.61. The molecular weight excluding hydrogens is 350 g/mol. The summed E-state index contributed by atoms with van der Waals surface area (Å²) in [5, 5.41) is 0.975. The number of nitrogens with zero attached hydrogens (tertiary/aromatic N) is 3. The van der Waals surface area contributed by atoms with E-state index < -0.39 is 0 Å². The molecule has 1 aliphatic rings. The van der Waals surface area contributed by atoms with Crippen LogP contribution >= 0.6 is 11.3 Å². The van der Waals surface area contributed by atoms with Gasteiger partial charge in [-0.3, -0.25) is 9.36 Å². The fourth-order valence-corrected chi connectivity index (χ4v) is 4.55. The standard InChI is InChI=1S/C19H15N3O3S/c1-10-5-11(2)21-18-15(10)16-17(26-18)19(23)22(8-20-16)7-12-3-4-13-14(6-12)25-9-24-13/h3-6,8H,7,9H2,1-2H3. The van der Waals surface area contributed by atoms with Crippen molar-refractivity contribution in [1.82, 2.24) is 14.5 Å². The Kier molecular flexibility index (Phi) is 3.27. The van der Waals surface area contributed by atoms with Gasteiger partial charge in [-0.15, -0.1) is 11.3 Å². The molecule has 26 heavy (non-hydrogen) atoms. The highest BCUT2D eigenvalue weighted by Gasteiger charge is 2.16. The van der Waals surface area contributed by atoms with Crippen LogP contribution in [0, 0.1) is 13.8 Å². The van der Waals surface area contributed by atoms with Crippen LogP contribution < -0.4 is 15.0 Å². The second kappa shape index (κ2) is 5.54. The van der Waals surface area contributed by atoms with Gasteiger partial charge in [0.15, 0.2) is 11.5 Å². The number of ether oxygens (including phenoxy) is 2. The van der Waals surface area contributed by atoms with E-state index in [1.54, 1.807) is 10.9 Å². The summed E-state index contributed by atoms with van der Waals surface area (Å²) in [5.74, 6) is 1.44. The zero-order valence-corrected chi connectivity index (χ0v) is 15.1. The van der Waals surface area contributed by atoms with Gasteiger partial charge in [0.25, 0.3) is 5.56 Å². The molecule has 0 fully saturated rings. The van der Waals surface area contributed by atoms with Crippen LogP contribution in [-0.2, 0) is 6.54 Å². The predicted molar refractivity (Wildman–Crippen MR) is 100 cm³/mol. The van der Waals surface area contributed by atoms with E-state index in [1.807, 2.05) is 38.1 Å². The molecule has 0 radical (unpaired) electrons. The first-order valence-corrected chi connectivity index (χ1v) is 9.06. The van der Waals surface area contributed by atoms with Crippen LogP contribution in [0.2, 0.25) is 0 Å². The van der Waals surface area contributed by atoms with Crippen molar-refractivity contribution in [3.8, 4) is 11.5 Å². The Hall–Kier alpha value is -2.93. The minimum absolute atomic E-state index is 0.0484. The van der Waals surface area contributed by atoms with Crippen molar-refractivity contribution in [1.29, 1.82) is 0 Å². The van der Waals surface area contributed by atoms with Gasteiger partial charge in [0.2, 0.25) is 6.79 Å². The lowest BCUT2D eigenvalue weighted by Gasteiger charge is -2.06. The Balaban J connectivity index is 1.63. The molecule has 4 heterocycles. The summed E-state index contributed by atoms with van der Waals surface area (Å²) in [6, 6.07) is 7.72. The highest BCUT2D eigenvalue weighted by atomic mass is 32.1. The van der Waals surface area contributed by atoms with Gasteiger partial charge < -0.3 is 9.47 Å². The van der Waals surface area contributed by atoms with E-state index in [1.165, 1.54) is 11.3 Å². The van der Waals surface area contributed by atoms with Gasteiger partial charge in [-0.2, -0.15) is 0 Å². The first kappa shape index (κ1) is 15.3. The van der Waals surface area contributed by atoms with Crippen LogP contribution in [0.5, 0.6) is 11.5 Å². The van der Waals surface area contributed by atoms with Crippen molar-refractivity contribution in [2.45, 2.75) is 20.4 Å². The van der Waals surface area contributed by atoms with E-state index in [2.05, 4.69) is 9.97 Å². The molecule has 6 nitrogen and oxygen atoms in total. The van der Waals surface area contributed by atoms with Gasteiger partial charge in [0.1, 0.15) is 9.53 Å². The normalized spacial score (nSPS) is 13.0. The minimum Gasteiger partial charge on any atom is -0.454 e. The third-order valence-electron chi connectivity index (χ3n) is 4.53. The SMILES string of the molecule is Cc1cc(C)c2c(n1)sc1c(=O)n(Cc3ccc4c(c3)OCO4)cnc12. The highest BCUT2D eigenvalue weighted by Crippen LogP contribution is 2.33. The fraction of sp³-hybridized carbons (Fsp3) is 0.211. The number of benzene rings is 1. The van der Waals surface area contributed by atoms with Crippen molar-refractivity contribution < 1.29 is 9.47 Å². The summed E-state index contributed by atoms with van der Waals surface area (Å²) in [7, 11) is 0. The van der Waals surface area contributed by atoms with Crippen LogP contribution in [-0.4, -0.2) is 21.3 Å². The Morgan fingerprint density at radius 2 is 2.04 bits per heavy atom. The Morgan fingerprint density at radius 1 is 1.19 bits per heavy atom. The van der Waals surface area contributed by atoms with E-state index >= 15 is 0 Å². The lowest BCUT2D eigenvalue weighted by atomic mass is 10.1. The number of aryl methyl sites for hydroxylation is 2. The molecule has 1 aromatic carbocycles. The molecule has 7 heteroatoms. The number of rotatable bonds is 2. The Bertz CT molecular complexity index is 1240. The number of thiophene rings is 1. The predicted octanol–water partition coefficient (Wildman–Crippen LogP) is 3.40. The third kappa shape index (κ3) is 2.28. The molecule has 0 aliphatic carbocycles. The van der Waals surface area contributed by atoms with E-state index in [0.29, 0.717) is 17.0 Å². The van der Waals surface area contributed by atoms with E-state index in [4.69, 9.17) is 9.47 Å². The van der Waals surface area contributed by atoms with Crippen molar-refractivity contribution in [2.75, 3.05) is 6.79 Å². The van der Waals surface area contributed by atoms with Crippen LogP contribution in [0.15, 0.2) is 35.4 Å². The minimum atomic E-state index is -0.0484. The molecule has 0 saturated carbocycles. The molecule has 4 aromatic rings. The third-order valence-corrected chi connectivity index (χ3v) is 5.59. The van der Waals surface area contributed by atoms with Crippen molar-refractivity contribution in [2.24, 2.45) is 0 Å². The van der Waals surface area contributed by atoms with Gasteiger partial charge in [-0.25, -0.2) is 9.97 Å². The van der Waals surface area contributed by atoms with Crippen LogP contribution in [0.3, 0.4) is 0 Å². The molecule has 0 unspecified atom stereocenters. The number of hydrogen-bond donors (Lipinski definition) is 0. The average molecular weight is 365 g/mol. The first-order chi connectivity index (χ1) is 12.6. The van der Waals surface area contributed by atoms with E-state index in [9.17, 15) is 4.79 Å². The van der Waals surface area contributed by atoms with Gasteiger partial charge in [0, 0.05) is 11.1 Å². The first-order valence-electron chi connectivity index (χ1n) is 8.24. The molecule has 0 saturated heterocycles. The van der Waals surface area contributed by atoms with Crippen LogP contribution in [0.4, 0.5) is 0 Å². The maximum Gasteiger partial charge on any atom is 0.271 e.